The molecule has 0 spiro atoms. The molecule has 3 N–H and O–H groups in total. The maximum absolute atomic E-state index is 12.9. The lowest BCUT2D eigenvalue weighted by atomic mass is 9.68. The summed E-state index contributed by atoms with van der Waals surface area (Å²) in [5.74, 6) is -2.66. The Morgan fingerprint density at radius 3 is 2.14 bits per heavy atom. The van der Waals surface area contributed by atoms with Gasteiger partial charge in [0.05, 0.1) is 18.9 Å². The van der Waals surface area contributed by atoms with Crippen molar-refractivity contribution in [3.05, 3.63) is 59.7 Å². The molecule has 1 fully saturated rings. The van der Waals surface area contributed by atoms with Crippen molar-refractivity contribution in [2.45, 2.75) is 37.6 Å². The highest BCUT2D eigenvalue weighted by molar-refractivity contribution is 5.90. The van der Waals surface area contributed by atoms with E-state index in [-0.39, 0.29) is 19.1 Å². The fourth-order valence-electron chi connectivity index (χ4n) is 4.74. The summed E-state index contributed by atoms with van der Waals surface area (Å²) in [4.78, 5) is 48.3. The number of amides is 2. The van der Waals surface area contributed by atoms with E-state index >= 15 is 0 Å². The minimum atomic E-state index is -1.40. The van der Waals surface area contributed by atoms with Gasteiger partial charge in [0.1, 0.15) is 12.6 Å². The fraction of sp³-hybridized carbons (Fsp3) is 0.385. The summed E-state index contributed by atoms with van der Waals surface area (Å²) < 4.78 is 10.0. The molecule has 2 aliphatic carbocycles. The predicted molar refractivity (Wildman–Crippen MR) is 126 cm³/mol. The molecule has 0 heterocycles. The average Bonchev–Trinajstić information content (AvgIpc) is 3.15. The first-order chi connectivity index (χ1) is 16.8. The van der Waals surface area contributed by atoms with Crippen LogP contribution in [0.4, 0.5) is 4.79 Å². The van der Waals surface area contributed by atoms with Gasteiger partial charge < -0.3 is 25.2 Å². The van der Waals surface area contributed by atoms with Crippen molar-refractivity contribution >= 4 is 23.9 Å². The van der Waals surface area contributed by atoms with Gasteiger partial charge in [0.15, 0.2) is 0 Å². The third-order valence-corrected chi connectivity index (χ3v) is 6.91. The van der Waals surface area contributed by atoms with Crippen LogP contribution in [-0.4, -0.2) is 55.3 Å². The van der Waals surface area contributed by atoms with Crippen LogP contribution >= 0.6 is 0 Å². The van der Waals surface area contributed by atoms with Gasteiger partial charge in [-0.15, -0.1) is 0 Å². The highest BCUT2D eigenvalue weighted by atomic mass is 16.5. The van der Waals surface area contributed by atoms with Crippen molar-refractivity contribution in [2.24, 2.45) is 5.41 Å². The second-order valence-electron chi connectivity index (χ2n) is 8.96. The molecular weight excluding hydrogens is 452 g/mol. The summed E-state index contributed by atoms with van der Waals surface area (Å²) in [5.41, 5.74) is 3.52. The van der Waals surface area contributed by atoms with Crippen LogP contribution in [0.5, 0.6) is 0 Å². The van der Waals surface area contributed by atoms with E-state index in [0.717, 1.165) is 35.8 Å². The summed E-state index contributed by atoms with van der Waals surface area (Å²) in [5, 5.41) is 14.4. The Morgan fingerprint density at radius 1 is 1.03 bits per heavy atom. The third-order valence-electron chi connectivity index (χ3n) is 6.91. The molecule has 4 rings (SSSR count). The molecule has 0 radical (unpaired) electrons. The highest BCUT2D eigenvalue weighted by Gasteiger charge is 2.45. The SMILES string of the molecule is COC(=O)C[C@H](NC(=O)C1(CNC(=O)OCC2c3ccccc3-c3ccccc32)CCC1)C(=O)O. The molecule has 0 unspecified atom stereocenters. The number of aliphatic carboxylic acids is 1. The Hall–Kier alpha value is -3.88. The normalized spacial score (nSPS) is 16.1. The fourth-order valence-corrected chi connectivity index (χ4v) is 4.74. The Bertz CT molecular complexity index is 1100. The zero-order chi connectivity index (χ0) is 25.0. The molecule has 9 nitrogen and oxygen atoms in total. The van der Waals surface area contributed by atoms with E-state index in [1.54, 1.807) is 0 Å². The number of carboxylic acid groups (broad SMARTS) is 1. The first-order valence-corrected chi connectivity index (χ1v) is 11.5. The van der Waals surface area contributed by atoms with E-state index in [2.05, 4.69) is 27.5 Å². The van der Waals surface area contributed by atoms with Crippen LogP contribution in [0.2, 0.25) is 0 Å². The van der Waals surface area contributed by atoms with Gasteiger partial charge in [-0.05, 0) is 35.1 Å². The lowest BCUT2D eigenvalue weighted by Crippen LogP contribution is -2.56. The van der Waals surface area contributed by atoms with E-state index in [1.807, 2.05) is 36.4 Å². The number of methoxy groups -OCH3 is 1. The first kappa shape index (κ1) is 24.3. The number of carboxylic acids is 1. The molecule has 184 valence electrons. The maximum atomic E-state index is 12.9. The minimum absolute atomic E-state index is 0.0140. The molecule has 1 atom stereocenters. The van der Waals surface area contributed by atoms with Crippen LogP contribution < -0.4 is 10.6 Å². The number of fused-ring (bicyclic) bond motifs is 3. The maximum Gasteiger partial charge on any atom is 0.407 e. The molecule has 0 bridgehead atoms. The standard InChI is InChI=1S/C26H28N2O7/c1-34-22(29)13-21(23(30)31)28-24(32)26(11-6-12-26)15-27-25(33)35-14-20-18-9-4-2-7-16(18)17-8-3-5-10-19(17)20/h2-5,7-10,20-21H,6,11-15H2,1H3,(H,27,33)(H,28,32)(H,30,31)/t21-/m0/s1. The highest BCUT2D eigenvalue weighted by Crippen LogP contribution is 2.44. The molecule has 35 heavy (non-hydrogen) atoms. The monoisotopic (exact) mass is 480 g/mol. The number of rotatable bonds is 9. The van der Waals surface area contributed by atoms with Crippen molar-refractivity contribution < 1.29 is 33.8 Å². The van der Waals surface area contributed by atoms with Crippen molar-refractivity contribution in [3.8, 4) is 11.1 Å². The van der Waals surface area contributed by atoms with Crippen LogP contribution in [-0.2, 0) is 23.9 Å². The van der Waals surface area contributed by atoms with Gasteiger partial charge in [-0.2, -0.15) is 0 Å². The number of esters is 1. The molecule has 2 aromatic carbocycles. The van der Waals surface area contributed by atoms with Gasteiger partial charge >= 0.3 is 18.0 Å². The number of benzene rings is 2. The topological polar surface area (TPSA) is 131 Å². The third kappa shape index (κ3) is 4.99. The van der Waals surface area contributed by atoms with Gasteiger partial charge in [0.25, 0.3) is 0 Å². The second-order valence-corrected chi connectivity index (χ2v) is 8.96. The number of hydrogen-bond acceptors (Lipinski definition) is 6. The Labute approximate surface area is 202 Å². The van der Waals surface area contributed by atoms with E-state index < -0.39 is 41.8 Å². The molecular formula is C26H28N2O7. The zero-order valence-corrected chi connectivity index (χ0v) is 19.4. The summed E-state index contributed by atoms with van der Waals surface area (Å²) in [6.07, 6.45) is 0.637. The van der Waals surface area contributed by atoms with Crippen molar-refractivity contribution in [1.82, 2.24) is 10.6 Å². The summed E-state index contributed by atoms with van der Waals surface area (Å²) >= 11 is 0. The van der Waals surface area contributed by atoms with Crippen molar-refractivity contribution in [2.75, 3.05) is 20.3 Å². The van der Waals surface area contributed by atoms with Crippen LogP contribution in [0.3, 0.4) is 0 Å². The molecule has 0 aliphatic heterocycles. The van der Waals surface area contributed by atoms with Crippen LogP contribution in [0.1, 0.15) is 42.7 Å². The van der Waals surface area contributed by atoms with Gasteiger partial charge in [-0.25, -0.2) is 9.59 Å². The first-order valence-electron chi connectivity index (χ1n) is 11.5. The largest absolute Gasteiger partial charge is 0.480 e. The molecule has 2 aromatic rings. The number of alkyl carbamates (subject to hydrolysis) is 1. The number of carbonyl (C=O) groups is 4. The van der Waals surface area contributed by atoms with E-state index in [4.69, 9.17) is 4.74 Å². The van der Waals surface area contributed by atoms with Gasteiger partial charge in [0, 0.05) is 12.5 Å². The molecule has 2 amide bonds. The van der Waals surface area contributed by atoms with Crippen LogP contribution in [0, 0.1) is 5.41 Å². The lowest BCUT2D eigenvalue weighted by Gasteiger charge is -2.40. The lowest BCUT2D eigenvalue weighted by molar-refractivity contribution is -0.150. The minimum Gasteiger partial charge on any atom is -0.480 e. The molecule has 1 saturated carbocycles. The molecule has 0 aromatic heterocycles. The van der Waals surface area contributed by atoms with E-state index in [1.165, 1.54) is 0 Å². The summed E-state index contributed by atoms with van der Waals surface area (Å²) in [7, 11) is 1.15. The Kier molecular flexibility index (Phi) is 7.04. The van der Waals surface area contributed by atoms with Crippen LogP contribution in [0.25, 0.3) is 11.1 Å². The number of carbonyl (C=O) groups excluding carboxylic acids is 3. The number of hydrogen-bond donors (Lipinski definition) is 3. The average molecular weight is 481 g/mol. The molecule has 9 heteroatoms. The van der Waals surface area contributed by atoms with Crippen molar-refractivity contribution in [1.29, 1.82) is 0 Å². The predicted octanol–water partition coefficient (Wildman–Crippen LogP) is 2.83. The summed E-state index contributed by atoms with van der Waals surface area (Å²) in [6, 6.07) is 14.6. The summed E-state index contributed by atoms with van der Waals surface area (Å²) in [6.45, 7) is 0.166. The zero-order valence-electron chi connectivity index (χ0n) is 19.4. The number of ether oxygens (including phenoxy) is 2. The van der Waals surface area contributed by atoms with Gasteiger partial charge in [-0.3, -0.25) is 9.59 Å². The smallest absolute Gasteiger partial charge is 0.407 e. The Balaban J connectivity index is 1.34. The van der Waals surface area contributed by atoms with Crippen molar-refractivity contribution in [3.63, 3.8) is 0 Å². The molecule has 2 aliphatic rings. The van der Waals surface area contributed by atoms with Crippen LogP contribution in [0.15, 0.2) is 48.5 Å². The second kappa shape index (κ2) is 10.2. The van der Waals surface area contributed by atoms with Gasteiger partial charge in [0.2, 0.25) is 5.91 Å². The number of nitrogens with one attached hydrogen (secondary N) is 2. The Morgan fingerprint density at radius 2 is 1.63 bits per heavy atom. The quantitative estimate of drug-likeness (QED) is 0.470. The van der Waals surface area contributed by atoms with E-state index in [0.29, 0.717) is 12.8 Å². The van der Waals surface area contributed by atoms with Gasteiger partial charge in [-0.1, -0.05) is 55.0 Å². The molecule has 0 saturated heterocycles. The van der Waals surface area contributed by atoms with E-state index in [9.17, 15) is 24.3 Å².